The van der Waals surface area contributed by atoms with Crippen LogP contribution in [0.25, 0.3) is 10.9 Å². The Hall–Kier alpha value is -1.36. The molecule has 1 aliphatic rings. The second-order valence-corrected chi connectivity index (χ2v) is 4.74. The Bertz CT molecular complexity index is 519. The van der Waals surface area contributed by atoms with Gasteiger partial charge in [0.1, 0.15) is 0 Å². The summed E-state index contributed by atoms with van der Waals surface area (Å²) in [6, 6.07) is 9.06. The van der Waals surface area contributed by atoms with Crippen molar-refractivity contribution in [2.24, 2.45) is 11.7 Å². The van der Waals surface area contributed by atoms with Gasteiger partial charge in [0.2, 0.25) is 0 Å². The van der Waals surface area contributed by atoms with Crippen molar-refractivity contribution >= 4 is 10.9 Å². The standard InChI is InChI=1S/C13H18N4/c1-8-10(6-14)13(17-16-8)11-7-15-12-5-3-2-4-9(11)12/h2-5,7-8,10,13,15-17H,6,14H2,1H3. The number of nitrogens with one attached hydrogen (secondary N) is 3. The van der Waals surface area contributed by atoms with Crippen LogP contribution in [0.15, 0.2) is 30.5 Å². The molecular formula is C13H18N4. The first-order chi connectivity index (χ1) is 8.31. The molecule has 3 unspecified atom stereocenters. The van der Waals surface area contributed by atoms with Crippen molar-refractivity contribution in [1.82, 2.24) is 15.8 Å². The average Bonchev–Trinajstić information content (AvgIpc) is 2.92. The minimum absolute atomic E-state index is 0.283. The van der Waals surface area contributed by atoms with Gasteiger partial charge in [0.25, 0.3) is 0 Å². The van der Waals surface area contributed by atoms with Gasteiger partial charge in [-0.3, -0.25) is 5.43 Å². The van der Waals surface area contributed by atoms with Crippen molar-refractivity contribution in [3.05, 3.63) is 36.0 Å². The van der Waals surface area contributed by atoms with Crippen molar-refractivity contribution in [1.29, 1.82) is 0 Å². The van der Waals surface area contributed by atoms with Crippen molar-refractivity contribution in [2.75, 3.05) is 6.54 Å². The number of aromatic amines is 1. The molecule has 3 atom stereocenters. The number of fused-ring (bicyclic) bond motifs is 1. The van der Waals surface area contributed by atoms with Gasteiger partial charge < -0.3 is 10.7 Å². The van der Waals surface area contributed by atoms with E-state index in [-0.39, 0.29) is 6.04 Å². The highest BCUT2D eigenvalue weighted by atomic mass is 15.4. The summed E-state index contributed by atoms with van der Waals surface area (Å²) in [5.74, 6) is 0.425. The van der Waals surface area contributed by atoms with Gasteiger partial charge >= 0.3 is 0 Å². The van der Waals surface area contributed by atoms with Gasteiger partial charge in [-0.2, -0.15) is 0 Å². The Morgan fingerprint density at radius 3 is 2.88 bits per heavy atom. The molecule has 0 amide bonds. The molecule has 1 aromatic heterocycles. The molecule has 4 nitrogen and oxygen atoms in total. The first-order valence-corrected chi connectivity index (χ1v) is 6.08. The molecule has 4 heteroatoms. The number of hydrogen-bond donors (Lipinski definition) is 4. The Kier molecular flexibility index (Phi) is 2.63. The van der Waals surface area contributed by atoms with Crippen LogP contribution in [0, 0.1) is 5.92 Å². The molecule has 1 fully saturated rings. The second-order valence-electron chi connectivity index (χ2n) is 4.74. The fourth-order valence-corrected chi connectivity index (χ4v) is 2.72. The number of hydrazine groups is 1. The molecule has 1 saturated heterocycles. The third kappa shape index (κ3) is 1.65. The van der Waals surface area contributed by atoms with Crippen molar-refractivity contribution in [3.8, 4) is 0 Å². The smallest absolute Gasteiger partial charge is 0.0539 e. The maximum atomic E-state index is 5.87. The van der Waals surface area contributed by atoms with Crippen LogP contribution in [-0.4, -0.2) is 17.6 Å². The normalized spacial score (nSPS) is 28.9. The predicted molar refractivity (Wildman–Crippen MR) is 69.3 cm³/mol. The largest absolute Gasteiger partial charge is 0.361 e. The molecule has 5 N–H and O–H groups in total. The number of nitrogens with two attached hydrogens (primary N) is 1. The third-order valence-electron chi connectivity index (χ3n) is 3.77. The van der Waals surface area contributed by atoms with E-state index in [1.807, 2.05) is 6.07 Å². The van der Waals surface area contributed by atoms with Crippen LogP contribution in [-0.2, 0) is 0 Å². The highest BCUT2D eigenvalue weighted by Gasteiger charge is 2.34. The zero-order chi connectivity index (χ0) is 11.8. The predicted octanol–water partition coefficient (Wildman–Crippen LogP) is 1.28. The van der Waals surface area contributed by atoms with Gasteiger partial charge in [0.15, 0.2) is 0 Å². The molecule has 17 heavy (non-hydrogen) atoms. The molecule has 90 valence electrons. The zero-order valence-electron chi connectivity index (χ0n) is 9.90. The van der Waals surface area contributed by atoms with Gasteiger partial charge in [-0.25, -0.2) is 5.43 Å². The van der Waals surface area contributed by atoms with Crippen LogP contribution < -0.4 is 16.6 Å². The molecule has 3 rings (SSSR count). The van der Waals surface area contributed by atoms with Crippen LogP contribution in [0.5, 0.6) is 0 Å². The molecule has 0 aliphatic carbocycles. The lowest BCUT2D eigenvalue weighted by atomic mass is 9.90. The number of aromatic nitrogens is 1. The molecule has 2 heterocycles. The first kappa shape index (κ1) is 10.8. The molecule has 0 saturated carbocycles. The van der Waals surface area contributed by atoms with Crippen LogP contribution in [0.1, 0.15) is 18.5 Å². The highest BCUT2D eigenvalue weighted by molar-refractivity contribution is 5.83. The summed E-state index contributed by atoms with van der Waals surface area (Å²) in [5.41, 5.74) is 15.0. The van der Waals surface area contributed by atoms with E-state index in [0.29, 0.717) is 18.5 Å². The molecule has 2 aromatic rings. The number of para-hydroxylation sites is 1. The van der Waals surface area contributed by atoms with Gasteiger partial charge in [0.05, 0.1) is 6.04 Å². The Labute approximate surface area is 101 Å². The van der Waals surface area contributed by atoms with E-state index >= 15 is 0 Å². The van der Waals surface area contributed by atoms with Crippen LogP contribution in [0.3, 0.4) is 0 Å². The van der Waals surface area contributed by atoms with E-state index in [9.17, 15) is 0 Å². The zero-order valence-corrected chi connectivity index (χ0v) is 9.90. The fraction of sp³-hybridized carbons (Fsp3) is 0.385. The fourth-order valence-electron chi connectivity index (χ4n) is 2.72. The van der Waals surface area contributed by atoms with Gasteiger partial charge in [-0.15, -0.1) is 0 Å². The monoisotopic (exact) mass is 230 g/mol. The Morgan fingerprint density at radius 2 is 2.06 bits per heavy atom. The van der Waals surface area contributed by atoms with Crippen molar-refractivity contribution in [3.63, 3.8) is 0 Å². The lowest BCUT2D eigenvalue weighted by Crippen LogP contribution is -2.30. The highest BCUT2D eigenvalue weighted by Crippen LogP contribution is 2.32. The minimum Gasteiger partial charge on any atom is -0.361 e. The third-order valence-corrected chi connectivity index (χ3v) is 3.77. The SMILES string of the molecule is CC1NNC(c2c[nH]c3ccccc23)C1CN. The van der Waals surface area contributed by atoms with E-state index in [2.05, 4.69) is 47.2 Å². The number of H-pyrrole nitrogens is 1. The number of benzene rings is 1. The maximum absolute atomic E-state index is 5.87. The number of hydrogen-bond acceptors (Lipinski definition) is 3. The Balaban J connectivity index is 2.04. The lowest BCUT2D eigenvalue weighted by Gasteiger charge is -2.18. The number of rotatable bonds is 2. The van der Waals surface area contributed by atoms with E-state index in [4.69, 9.17) is 5.73 Å². The Morgan fingerprint density at radius 1 is 1.24 bits per heavy atom. The molecule has 1 aromatic carbocycles. The summed E-state index contributed by atoms with van der Waals surface area (Å²) in [6.45, 7) is 2.85. The van der Waals surface area contributed by atoms with Crippen LogP contribution >= 0.6 is 0 Å². The summed E-state index contributed by atoms with van der Waals surface area (Å²) in [5, 5.41) is 1.28. The summed E-state index contributed by atoms with van der Waals surface area (Å²) < 4.78 is 0. The first-order valence-electron chi connectivity index (χ1n) is 6.08. The van der Waals surface area contributed by atoms with Crippen molar-refractivity contribution < 1.29 is 0 Å². The summed E-state index contributed by atoms with van der Waals surface area (Å²) in [6.07, 6.45) is 2.09. The van der Waals surface area contributed by atoms with Gasteiger partial charge in [-0.1, -0.05) is 18.2 Å². The summed E-state index contributed by atoms with van der Waals surface area (Å²) >= 11 is 0. The van der Waals surface area contributed by atoms with Crippen LogP contribution in [0.2, 0.25) is 0 Å². The molecule has 0 spiro atoms. The minimum atomic E-state index is 0.283. The molecule has 0 radical (unpaired) electrons. The van der Waals surface area contributed by atoms with E-state index in [0.717, 1.165) is 0 Å². The quantitative estimate of drug-likeness (QED) is 0.628. The average molecular weight is 230 g/mol. The van der Waals surface area contributed by atoms with E-state index in [1.54, 1.807) is 0 Å². The lowest BCUT2D eigenvalue weighted by molar-refractivity contribution is 0.446. The maximum Gasteiger partial charge on any atom is 0.0539 e. The van der Waals surface area contributed by atoms with Crippen molar-refractivity contribution in [2.45, 2.75) is 19.0 Å². The molecule has 0 bridgehead atoms. The summed E-state index contributed by atoms with van der Waals surface area (Å²) in [7, 11) is 0. The molecular weight excluding hydrogens is 212 g/mol. The van der Waals surface area contributed by atoms with Gasteiger partial charge in [0, 0.05) is 29.1 Å². The second kappa shape index (κ2) is 4.14. The summed E-state index contributed by atoms with van der Waals surface area (Å²) in [4.78, 5) is 3.32. The van der Waals surface area contributed by atoms with E-state index < -0.39 is 0 Å². The topological polar surface area (TPSA) is 65.9 Å². The molecule has 1 aliphatic heterocycles. The van der Waals surface area contributed by atoms with Crippen LogP contribution in [0.4, 0.5) is 0 Å². The van der Waals surface area contributed by atoms with E-state index in [1.165, 1.54) is 16.5 Å². The van der Waals surface area contributed by atoms with Gasteiger partial charge in [-0.05, 0) is 25.1 Å².